The highest BCUT2D eigenvalue weighted by Crippen LogP contribution is 2.31. The van der Waals surface area contributed by atoms with Crippen molar-refractivity contribution in [2.75, 3.05) is 5.32 Å². The summed E-state index contributed by atoms with van der Waals surface area (Å²) in [7, 11) is 0. The van der Waals surface area contributed by atoms with Gasteiger partial charge in [-0.3, -0.25) is 0 Å². The summed E-state index contributed by atoms with van der Waals surface area (Å²) in [5.41, 5.74) is 5.96. The van der Waals surface area contributed by atoms with Crippen LogP contribution < -0.4 is 10.1 Å². The number of benzene rings is 2. The van der Waals surface area contributed by atoms with Crippen LogP contribution in [0.1, 0.15) is 5.56 Å². The maximum absolute atomic E-state index is 6.06. The highest BCUT2D eigenvalue weighted by molar-refractivity contribution is 7.16. The van der Waals surface area contributed by atoms with Crippen LogP contribution in [0.5, 0.6) is 11.5 Å². The van der Waals surface area contributed by atoms with Crippen LogP contribution in [0.25, 0.3) is 21.3 Å². The Labute approximate surface area is 175 Å². The summed E-state index contributed by atoms with van der Waals surface area (Å²) >= 11 is 7.64. The number of anilines is 2. The van der Waals surface area contributed by atoms with Gasteiger partial charge in [0.05, 0.1) is 21.2 Å². The van der Waals surface area contributed by atoms with E-state index in [1.807, 2.05) is 54.9 Å². The summed E-state index contributed by atoms with van der Waals surface area (Å²) < 4.78 is 7.20. The smallest absolute Gasteiger partial charge is 0.160 e. The van der Waals surface area contributed by atoms with Crippen LogP contribution >= 0.6 is 22.9 Å². The molecule has 5 aromatic rings. The van der Waals surface area contributed by atoms with E-state index in [0.717, 1.165) is 38.5 Å². The fourth-order valence-electron chi connectivity index (χ4n) is 3.01. The zero-order chi connectivity index (χ0) is 19.8. The minimum atomic E-state index is 0.396. The maximum atomic E-state index is 6.06. The summed E-state index contributed by atoms with van der Waals surface area (Å²) in [5, 5.41) is 3.69. The average Bonchev–Trinajstić information content (AvgIpc) is 3.18. The SMILES string of the molecule is Cc1cc(Nc2ncnc3ccc(Cl)nc23)ccc1Oc1ccc2scnc2c1. The lowest BCUT2D eigenvalue weighted by Gasteiger charge is -2.12. The number of rotatable bonds is 4. The van der Waals surface area contributed by atoms with Gasteiger partial charge in [0.2, 0.25) is 0 Å². The first-order valence-electron chi connectivity index (χ1n) is 8.82. The summed E-state index contributed by atoms with van der Waals surface area (Å²) in [6.07, 6.45) is 1.50. The molecule has 0 fully saturated rings. The predicted octanol–water partition coefficient (Wildman–Crippen LogP) is 6.13. The first kappa shape index (κ1) is 17.8. The van der Waals surface area contributed by atoms with Gasteiger partial charge >= 0.3 is 0 Å². The molecule has 0 aliphatic heterocycles. The van der Waals surface area contributed by atoms with Gasteiger partial charge in [-0.1, -0.05) is 11.6 Å². The Balaban J connectivity index is 1.42. The Morgan fingerprint density at radius 1 is 0.966 bits per heavy atom. The van der Waals surface area contributed by atoms with Crippen molar-refractivity contribution in [2.24, 2.45) is 0 Å². The van der Waals surface area contributed by atoms with Crippen molar-refractivity contribution in [2.45, 2.75) is 6.92 Å². The van der Waals surface area contributed by atoms with Gasteiger partial charge in [0, 0.05) is 11.8 Å². The molecule has 2 aromatic carbocycles. The van der Waals surface area contributed by atoms with Crippen molar-refractivity contribution in [3.05, 3.63) is 71.1 Å². The second kappa shape index (κ2) is 7.27. The number of ether oxygens (including phenoxy) is 1. The Morgan fingerprint density at radius 3 is 2.79 bits per heavy atom. The predicted molar refractivity (Wildman–Crippen MR) is 116 cm³/mol. The summed E-state index contributed by atoms with van der Waals surface area (Å²) in [5.74, 6) is 2.13. The maximum Gasteiger partial charge on any atom is 0.160 e. The van der Waals surface area contributed by atoms with Gasteiger partial charge in [0.25, 0.3) is 0 Å². The van der Waals surface area contributed by atoms with Crippen LogP contribution in [0.15, 0.2) is 60.4 Å². The average molecular weight is 420 g/mol. The number of aryl methyl sites for hydroxylation is 1. The molecule has 142 valence electrons. The highest BCUT2D eigenvalue weighted by Gasteiger charge is 2.09. The number of hydrogen-bond acceptors (Lipinski definition) is 7. The van der Waals surface area contributed by atoms with Crippen LogP contribution in [-0.2, 0) is 0 Å². The fraction of sp³-hybridized carbons (Fsp3) is 0.0476. The Bertz CT molecular complexity index is 1350. The fourth-order valence-corrected chi connectivity index (χ4v) is 3.82. The first-order chi connectivity index (χ1) is 14.2. The number of nitrogens with zero attached hydrogens (tertiary/aromatic N) is 4. The molecular formula is C21H14ClN5OS. The number of aromatic nitrogens is 4. The Kier molecular flexibility index (Phi) is 4.46. The van der Waals surface area contributed by atoms with E-state index in [2.05, 4.69) is 25.3 Å². The van der Waals surface area contributed by atoms with E-state index in [1.54, 1.807) is 17.4 Å². The third kappa shape index (κ3) is 3.57. The number of halogens is 1. The monoisotopic (exact) mass is 419 g/mol. The van der Waals surface area contributed by atoms with Gasteiger partial charge in [-0.25, -0.2) is 19.9 Å². The molecule has 3 heterocycles. The molecule has 1 N–H and O–H groups in total. The molecule has 6 nitrogen and oxygen atoms in total. The van der Waals surface area contributed by atoms with Gasteiger partial charge in [0.1, 0.15) is 28.5 Å². The van der Waals surface area contributed by atoms with Crippen LogP contribution in [0.2, 0.25) is 5.15 Å². The van der Waals surface area contributed by atoms with E-state index in [9.17, 15) is 0 Å². The van der Waals surface area contributed by atoms with Gasteiger partial charge < -0.3 is 10.1 Å². The molecule has 0 bridgehead atoms. The molecule has 8 heteroatoms. The molecule has 0 saturated heterocycles. The standard InChI is InChI=1S/C21H14ClN5OS/c1-12-8-13(26-21-20-15(23-10-24-21)4-7-19(22)27-20)2-5-17(12)28-14-3-6-18-16(9-14)25-11-29-18/h2-11H,1H3,(H,23,24,26). The van der Waals surface area contributed by atoms with Gasteiger partial charge in [-0.05, 0) is 55.0 Å². The molecule has 0 radical (unpaired) electrons. The molecule has 5 rings (SSSR count). The molecule has 0 saturated carbocycles. The third-order valence-corrected chi connectivity index (χ3v) is 5.44. The zero-order valence-corrected chi connectivity index (χ0v) is 16.8. The largest absolute Gasteiger partial charge is 0.457 e. The van der Waals surface area contributed by atoms with E-state index in [4.69, 9.17) is 16.3 Å². The zero-order valence-electron chi connectivity index (χ0n) is 15.3. The minimum Gasteiger partial charge on any atom is -0.457 e. The molecule has 29 heavy (non-hydrogen) atoms. The van der Waals surface area contributed by atoms with Crippen LogP contribution in [0, 0.1) is 6.92 Å². The van der Waals surface area contributed by atoms with Gasteiger partial charge in [-0.15, -0.1) is 11.3 Å². The second-order valence-corrected chi connectivity index (χ2v) is 7.69. The molecule has 3 aromatic heterocycles. The summed E-state index contributed by atoms with van der Waals surface area (Å²) in [6.45, 7) is 2.00. The lowest BCUT2D eigenvalue weighted by atomic mass is 10.2. The van der Waals surface area contributed by atoms with Crippen molar-refractivity contribution in [1.29, 1.82) is 0 Å². The van der Waals surface area contributed by atoms with Crippen LogP contribution in [0.4, 0.5) is 11.5 Å². The highest BCUT2D eigenvalue weighted by atomic mass is 35.5. The molecule has 0 spiro atoms. The number of thiazole rings is 1. The van der Waals surface area contributed by atoms with Crippen LogP contribution in [0.3, 0.4) is 0 Å². The molecule has 0 aliphatic rings. The number of pyridine rings is 1. The summed E-state index contributed by atoms with van der Waals surface area (Å²) in [4.78, 5) is 17.2. The van der Waals surface area contributed by atoms with Gasteiger partial charge in [-0.2, -0.15) is 0 Å². The quantitative estimate of drug-likeness (QED) is 0.353. The Morgan fingerprint density at radius 2 is 1.90 bits per heavy atom. The normalized spacial score (nSPS) is 11.1. The van der Waals surface area contributed by atoms with E-state index in [1.165, 1.54) is 6.33 Å². The number of hydrogen-bond donors (Lipinski definition) is 1. The van der Waals surface area contributed by atoms with E-state index < -0.39 is 0 Å². The molecule has 0 atom stereocenters. The summed E-state index contributed by atoms with van der Waals surface area (Å²) in [6, 6.07) is 15.3. The van der Waals surface area contributed by atoms with E-state index >= 15 is 0 Å². The first-order valence-corrected chi connectivity index (χ1v) is 10.1. The van der Waals surface area contributed by atoms with Crippen molar-refractivity contribution in [1.82, 2.24) is 19.9 Å². The van der Waals surface area contributed by atoms with Gasteiger partial charge in [0.15, 0.2) is 5.82 Å². The second-order valence-electron chi connectivity index (χ2n) is 6.41. The topological polar surface area (TPSA) is 72.8 Å². The molecule has 0 amide bonds. The van der Waals surface area contributed by atoms with E-state index in [0.29, 0.717) is 16.5 Å². The number of fused-ring (bicyclic) bond motifs is 2. The van der Waals surface area contributed by atoms with Crippen LogP contribution in [-0.4, -0.2) is 19.9 Å². The van der Waals surface area contributed by atoms with Crippen molar-refractivity contribution in [3.8, 4) is 11.5 Å². The molecule has 0 aliphatic carbocycles. The van der Waals surface area contributed by atoms with Crippen molar-refractivity contribution >= 4 is 55.7 Å². The lowest BCUT2D eigenvalue weighted by Crippen LogP contribution is -1.98. The molecular weight excluding hydrogens is 406 g/mol. The number of nitrogens with one attached hydrogen (secondary N) is 1. The van der Waals surface area contributed by atoms with Crippen molar-refractivity contribution < 1.29 is 4.74 Å². The lowest BCUT2D eigenvalue weighted by molar-refractivity contribution is 0.479. The minimum absolute atomic E-state index is 0.396. The van der Waals surface area contributed by atoms with Crippen molar-refractivity contribution in [3.63, 3.8) is 0 Å². The molecule has 0 unspecified atom stereocenters. The Hall–Kier alpha value is -3.29. The third-order valence-electron chi connectivity index (χ3n) is 4.42. The van der Waals surface area contributed by atoms with E-state index in [-0.39, 0.29) is 0 Å².